The van der Waals surface area contributed by atoms with Crippen LogP contribution < -0.4 is 11.1 Å². The van der Waals surface area contributed by atoms with E-state index in [0.717, 1.165) is 28.1 Å². The number of aromatic nitrogens is 2. The zero-order valence-electron chi connectivity index (χ0n) is 11.2. The average molecular weight is 322 g/mol. The molecule has 6 nitrogen and oxygen atoms in total. The number of thiophene rings is 1. The first-order valence-electron chi connectivity index (χ1n) is 6.58. The van der Waals surface area contributed by atoms with E-state index >= 15 is 0 Å². The lowest BCUT2D eigenvalue weighted by atomic mass is 10.2. The Kier molecular flexibility index (Phi) is 4.07. The zero-order chi connectivity index (χ0) is 14.8. The molecular formula is C13H14N4O2S2. The van der Waals surface area contributed by atoms with Crippen molar-refractivity contribution in [2.24, 2.45) is 5.73 Å². The molecule has 0 bridgehead atoms. The smallest absolute Gasteiger partial charge is 0.236 e. The highest BCUT2D eigenvalue weighted by atomic mass is 32.2. The fourth-order valence-corrected chi connectivity index (χ4v) is 4.53. The lowest BCUT2D eigenvalue weighted by molar-refractivity contribution is -0.123. The van der Waals surface area contributed by atoms with Crippen LogP contribution in [0.25, 0.3) is 10.2 Å². The summed E-state index contributed by atoms with van der Waals surface area (Å²) in [5, 5.41) is 4.41. The van der Waals surface area contributed by atoms with Crippen LogP contribution in [0.2, 0.25) is 0 Å². The Hall–Kier alpha value is -1.67. The summed E-state index contributed by atoms with van der Waals surface area (Å²) in [5.41, 5.74) is 6.33. The molecule has 2 amide bonds. The van der Waals surface area contributed by atoms with E-state index in [1.165, 1.54) is 35.0 Å². The Balaban J connectivity index is 1.75. The van der Waals surface area contributed by atoms with Crippen molar-refractivity contribution in [3.05, 3.63) is 16.8 Å². The number of hydrogen-bond donors (Lipinski definition) is 2. The van der Waals surface area contributed by atoms with Gasteiger partial charge in [0.15, 0.2) is 0 Å². The number of thioether (sulfide) groups is 1. The molecule has 2 aromatic heterocycles. The predicted octanol–water partition coefficient (Wildman–Crippen LogP) is 0.874. The largest absolute Gasteiger partial charge is 0.368 e. The molecule has 0 atom stereocenters. The molecule has 0 aromatic carbocycles. The fourth-order valence-electron chi connectivity index (χ4n) is 2.38. The molecule has 1 aliphatic rings. The molecule has 0 fully saturated rings. The van der Waals surface area contributed by atoms with Gasteiger partial charge in [0.25, 0.3) is 0 Å². The van der Waals surface area contributed by atoms with Gasteiger partial charge in [-0.25, -0.2) is 9.97 Å². The second-order valence-electron chi connectivity index (χ2n) is 4.75. The quantitative estimate of drug-likeness (QED) is 0.629. The molecule has 0 saturated heterocycles. The van der Waals surface area contributed by atoms with Crippen molar-refractivity contribution in [3.63, 3.8) is 0 Å². The highest BCUT2D eigenvalue weighted by molar-refractivity contribution is 8.00. The van der Waals surface area contributed by atoms with Gasteiger partial charge in [-0.1, -0.05) is 11.8 Å². The van der Waals surface area contributed by atoms with Crippen LogP contribution in [0, 0.1) is 0 Å². The van der Waals surface area contributed by atoms with E-state index in [9.17, 15) is 9.59 Å². The summed E-state index contributed by atoms with van der Waals surface area (Å²) in [4.78, 5) is 33.3. The molecule has 21 heavy (non-hydrogen) atoms. The summed E-state index contributed by atoms with van der Waals surface area (Å²) in [6.45, 7) is -0.133. The maximum atomic E-state index is 11.6. The molecule has 2 heterocycles. The molecule has 0 spiro atoms. The number of hydrogen-bond acceptors (Lipinski definition) is 6. The summed E-state index contributed by atoms with van der Waals surface area (Å²) in [6, 6.07) is 0. The number of rotatable bonds is 5. The molecule has 0 unspecified atom stereocenters. The van der Waals surface area contributed by atoms with Crippen molar-refractivity contribution in [1.82, 2.24) is 15.3 Å². The Labute approximate surface area is 129 Å². The van der Waals surface area contributed by atoms with Crippen LogP contribution in [0.1, 0.15) is 16.9 Å². The first kappa shape index (κ1) is 14.3. The van der Waals surface area contributed by atoms with Gasteiger partial charge < -0.3 is 11.1 Å². The highest BCUT2D eigenvalue weighted by Crippen LogP contribution is 2.39. The highest BCUT2D eigenvalue weighted by Gasteiger charge is 2.21. The molecule has 8 heteroatoms. The lowest BCUT2D eigenvalue weighted by Crippen LogP contribution is -2.34. The normalized spacial score (nSPS) is 13.3. The first-order chi connectivity index (χ1) is 10.1. The number of aryl methyl sites for hydroxylation is 2. The maximum absolute atomic E-state index is 11.6. The van der Waals surface area contributed by atoms with Crippen molar-refractivity contribution in [1.29, 1.82) is 0 Å². The van der Waals surface area contributed by atoms with Gasteiger partial charge in [-0.2, -0.15) is 0 Å². The van der Waals surface area contributed by atoms with Crippen molar-refractivity contribution in [2.45, 2.75) is 24.3 Å². The number of nitrogens with zero attached hydrogens (tertiary/aromatic N) is 2. The molecule has 0 aliphatic heterocycles. The Morgan fingerprint density at radius 1 is 1.38 bits per heavy atom. The molecule has 2 aromatic rings. The summed E-state index contributed by atoms with van der Waals surface area (Å²) in [7, 11) is 0. The van der Waals surface area contributed by atoms with Crippen LogP contribution in [-0.2, 0) is 22.4 Å². The number of fused-ring (bicyclic) bond motifs is 3. The second kappa shape index (κ2) is 5.98. The van der Waals surface area contributed by atoms with Gasteiger partial charge in [0, 0.05) is 10.3 Å². The van der Waals surface area contributed by atoms with E-state index in [1.54, 1.807) is 11.3 Å². The average Bonchev–Trinajstić information content (AvgIpc) is 3.03. The fraction of sp³-hybridized carbons (Fsp3) is 0.385. The summed E-state index contributed by atoms with van der Waals surface area (Å²) in [6.07, 6.45) is 4.89. The van der Waals surface area contributed by atoms with Crippen LogP contribution >= 0.6 is 23.1 Å². The SMILES string of the molecule is NC(=O)CNC(=O)CSc1ncnc2sc3c(c12)CCC3. The minimum Gasteiger partial charge on any atom is -0.368 e. The third-order valence-electron chi connectivity index (χ3n) is 3.27. The van der Waals surface area contributed by atoms with Gasteiger partial charge in [0.05, 0.1) is 12.3 Å². The minimum atomic E-state index is -0.548. The van der Waals surface area contributed by atoms with E-state index in [-0.39, 0.29) is 18.2 Å². The van der Waals surface area contributed by atoms with Crippen LogP contribution in [0.4, 0.5) is 0 Å². The van der Waals surface area contributed by atoms with Crippen LogP contribution in [-0.4, -0.2) is 34.1 Å². The Morgan fingerprint density at radius 2 is 2.24 bits per heavy atom. The number of carbonyl (C=O) groups excluding carboxylic acids is 2. The predicted molar refractivity (Wildman–Crippen MR) is 82.4 cm³/mol. The van der Waals surface area contributed by atoms with E-state index in [0.29, 0.717) is 0 Å². The van der Waals surface area contributed by atoms with E-state index in [4.69, 9.17) is 5.73 Å². The molecule has 0 radical (unpaired) electrons. The topological polar surface area (TPSA) is 98.0 Å². The third kappa shape index (κ3) is 3.01. The molecule has 3 rings (SSSR count). The first-order valence-corrected chi connectivity index (χ1v) is 8.38. The van der Waals surface area contributed by atoms with E-state index < -0.39 is 5.91 Å². The van der Waals surface area contributed by atoms with Gasteiger partial charge in [-0.15, -0.1) is 11.3 Å². The summed E-state index contributed by atoms with van der Waals surface area (Å²) in [5.74, 6) is -0.560. The minimum absolute atomic E-state index is 0.133. The van der Waals surface area contributed by atoms with Gasteiger partial charge in [-0.05, 0) is 24.8 Å². The zero-order valence-corrected chi connectivity index (χ0v) is 12.9. The third-order valence-corrected chi connectivity index (χ3v) is 5.46. The molecule has 0 saturated carbocycles. The van der Waals surface area contributed by atoms with Crippen molar-refractivity contribution in [2.75, 3.05) is 12.3 Å². The number of primary amides is 1. The number of nitrogens with one attached hydrogen (secondary N) is 1. The van der Waals surface area contributed by atoms with Gasteiger partial charge >= 0.3 is 0 Å². The standard InChI is InChI=1S/C13H14N4O2S2/c14-9(18)4-15-10(19)5-20-12-11-7-2-1-3-8(7)21-13(11)17-6-16-12/h6H,1-5H2,(H2,14,18)(H,15,19). The van der Waals surface area contributed by atoms with Crippen LogP contribution in [0.5, 0.6) is 0 Å². The Bertz CT molecular complexity index is 714. The monoisotopic (exact) mass is 322 g/mol. The molecule has 1 aliphatic carbocycles. The number of carbonyl (C=O) groups is 2. The number of nitrogens with two attached hydrogens (primary N) is 1. The molecular weight excluding hydrogens is 308 g/mol. The van der Waals surface area contributed by atoms with E-state index in [1.807, 2.05) is 0 Å². The second-order valence-corrected chi connectivity index (χ2v) is 6.80. The lowest BCUT2D eigenvalue weighted by Gasteiger charge is -2.04. The van der Waals surface area contributed by atoms with Crippen LogP contribution in [0.3, 0.4) is 0 Å². The number of amides is 2. The van der Waals surface area contributed by atoms with E-state index in [2.05, 4.69) is 15.3 Å². The Morgan fingerprint density at radius 3 is 3.05 bits per heavy atom. The van der Waals surface area contributed by atoms with Crippen molar-refractivity contribution < 1.29 is 9.59 Å². The van der Waals surface area contributed by atoms with Gasteiger partial charge in [0.2, 0.25) is 11.8 Å². The summed E-state index contributed by atoms with van der Waals surface area (Å²) < 4.78 is 0. The molecule has 110 valence electrons. The maximum Gasteiger partial charge on any atom is 0.236 e. The molecule has 3 N–H and O–H groups in total. The van der Waals surface area contributed by atoms with Crippen molar-refractivity contribution >= 4 is 45.1 Å². The van der Waals surface area contributed by atoms with Gasteiger partial charge in [0.1, 0.15) is 16.2 Å². The van der Waals surface area contributed by atoms with Gasteiger partial charge in [-0.3, -0.25) is 9.59 Å². The van der Waals surface area contributed by atoms with Crippen LogP contribution in [0.15, 0.2) is 11.4 Å². The summed E-state index contributed by atoms with van der Waals surface area (Å²) >= 11 is 3.09. The van der Waals surface area contributed by atoms with Crippen molar-refractivity contribution in [3.8, 4) is 0 Å².